The number of carboxylic acid groups (broad SMARTS) is 1. The lowest BCUT2D eigenvalue weighted by Gasteiger charge is -2.23. The van der Waals surface area contributed by atoms with E-state index < -0.39 is 5.97 Å². The first kappa shape index (κ1) is 11.5. The van der Waals surface area contributed by atoms with Crippen molar-refractivity contribution in [1.29, 1.82) is 0 Å². The average molecular weight is 214 g/mol. The molecule has 0 aliphatic carbocycles. The number of carbonyl (C=O) groups is 1. The first-order valence-electron chi connectivity index (χ1n) is 4.40. The Hall–Kier alpha value is -1.56. The normalized spacial score (nSPS) is 11.4. The Morgan fingerprint density at radius 3 is 2.87 bits per heavy atom. The predicted molar refractivity (Wildman–Crippen MR) is 53.0 cm³/mol. The summed E-state index contributed by atoms with van der Waals surface area (Å²) in [5.41, 5.74) is -0.485. The van der Waals surface area contributed by atoms with Gasteiger partial charge in [0.05, 0.1) is 12.1 Å². The van der Waals surface area contributed by atoms with E-state index in [-0.39, 0.29) is 17.2 Å². The number of nitrogens with zero attached hydrogens (tertiary/aromatic N) is 1. The van der Waals surface area contributed by atoms with Gasteiger partial charge in [-0.05, 0) is 13.8 Å². The van der Waals surface area contributed by atoms with Crippen LogP contribution in [0, 0.1) is 0 Å². The lowest BCUT2D eigenvalue weighted by atomic mass is 10.1. The van der Waals surface area contributed by atoms with Crippen molar-refractivity contribution >= 4 is 12.0 Å². The fraction of sp³-hybridized carbons (Fsp3) is 0.556. The molecule has 15 heavy (non-hydrogen) atoms. The second-order valence-corrected chi connectivity index (χ2v) is 3.78. The van der Waals surface area contributed by atoms with Gasteiger partial charge in [0.1, 0.15) is 6.26 Å². The molecule has 1 aromatic rings. The third-order valence-corrected chi connectivity index (χ3v) is 1.67. The van der Waals surface area contributed by atoms with Crippen molar-refractivity contribution in [3.05, 3.63) is 12.0 Å². The van der Waals surface area contributed by atoms with Crippen molar-refractivity contribution in [2.75, 3.05) is 19.0 Å². The molecular weight excluding hydrogens is 200 g/mol. The molecule has 0 fully saturated rings. The Labute approximate surface area is 87.3 Å². The molecule has 1 heterocycles. The highest BCUT2D eigenvalue weighted by Gasteiger charge is 2.20. The SMILES string of the molecule is COCC(C)(C)Nc1nc(C(=O)O)co1. The molecule has 0 aliphatic rings. The third kappa shape index (κ3) is 3.25. The van der Waals surface area contributed by atoms with Crippen LogP contribution >= 0.6 is 0 Å². The second-order valence-electron chi connectivity index (χ2n) is 3.78. The van der Waals surface area contributed by atoms with Gasteiger partial charge in [-0.2, -0.15) is 4.98 Å². The topological polar surface area (TPSA) is 84.6 Å². The maximum atomic E-state index is 10.5. The molecule has 0 unspecified atom stereocenters. The quantitative estimate of drug-likeness (QED) is 0.766. The molecule has 0 aliphatic heterocycles. The van der Waals surface area contributed by atoms with Gasteiger partial charge in [0.25, 0.3) is 6.01 Å². The number of hydrogen-bond acceptors (Lipinski definition) is 5. The van der Waals surface area contributed by atoms with Crippen LogP contribution in [-0.4, -0.2) is 35.3 Å². The van der Waals surface area contributed by atoms with Gasteiger partial charge in [-0.15, -0.1) is 0 Å². The Balaban J connectivity index is 2.68. The number of anilines is 1. The van der Waals surface area contributed by atoms with E-state index >= 15 is 0 Å². The van der Waals surface area contributed by atoms with Crippen LogP contribution in [0.3, 0.4) is 0 Å². The van der Waals surface area contributed by atoms with Crippen molar-refractivity contribution < 1.29 is 19.1 Å². The lowest BCUT2D eigenvalue weighted by Crippen LogP contribution is -2.36. The Bertz CT molecular complexity index is 346. The molecular formula is C9H14N2O4. The van der Waals surface area contributed by atoms with Gasteiger partial charge in [0, 0.05) is 7.11 Å². The second kappa shape index (κ2) is 4.31. The molecule has 0 aromatic carbocycles. The molecule has 2 N–H and O–H groups in total. The van der Waals surface area contributed by atoms with E-state index in [1.54, 1.807) is 7.11 Å². The average Bonchev–Trinajstić information content (AvgIpc) is 2.51. The molecule has 0 saturated heterocycles. The molecule has 6 nitrogen and oxygen atoms in total. The van der Waals surface area contributed by atoms with E-state index in [4.69, 9.17) is 14.3 Å². The maximum absolute atomic E-state index is 10.5. The minimum atomic E-state index is -1.11. The van der Waals surface area contributed by atoms with E-state index in [0.29, 0.717) is 6.61 Å². The van der Waals surface area contributed by atoms with E-state index in [0.717, 1.165) is 6.26 Å². The smallest absolute Gasteiger partial charge is 0.357 e. The van der Waals surface area contributed by atoms with Crippen LogP contribution in [0.4, 0.5) is 6.01 Å². The van der Waals surface area contributed by atoms with Crippen LogP contribution in [0.15, 0.2) is 10.7 Å². The molecule has 0 spiro atoms. The molecule has 1 rings (SSSR count). The third-order valence-electron chi connectivity index (χ3n) is 1.67. The summed E-state index contributed by atoms with van der Waals surface area (Å²) in [5, 5.41) is 11.6. The van der Waals surface area contributed by atoms with Crippen molar-refractivity contribution in [3.63, 3.8) is 0 Å². The summed E-state index contributed by atoms with van der Waals surface area (Å²) >= 11 is 0. The van der Waals surface area contributed by atoms with Gasteiger partial charge in [-0.3, -0.25) is 0 Å². The zero-order chi connectivity index (χ0) is 11.5. The minimum Gasteiger partial charge on any atom is -0.476 e. The summed E-state index contributed by atoms with van der Waals surface area (Å²) in [6.07, 6.45) is 1.09. The molecule has 0 saturated carbocycles. The summed E-state index contributed by atoms with van der Waals surface area (Å²) in [6.45, 7) is 4.24. The van der Waals surface area contributed by atoms with Crippen LogP contribution in [0.5, 0.6) is 0 Å². The monoisotopic (exact) mass is 214 g/mol. The fourth-order valence-electron chi connectivity index (χ4n) is 1.12. The fourth-order valence-corrected chi connectivity index (χ4v) is 1.12. The zero-order valence-electron chi connectivity index (χ0n) is 8.90. The summed E-state index contributed by atoms with van der Waals surface area (Å²) in [4.78, 5) is 14.3. The van der Waals surface area contributed by atoms with Crippen LogP contribution in [0.2, 0.25) is 0 Å². The van der Waals surface area contributed by atoms with Crippen LogP contribution in [-0.2, 0) is 4.74 Å². The largest absolute Gasteiger partial charge is 0.476 e. The standard InChI is InChI=1S/C9H14N2O4/c1-9(2,5-14-3)11-8-10-6(4-15-8)7(12)13/h4H,5H2,1-3H3,(H,10,11)(H,12,13). The van der Waals surface area contributed by atoms with Gasteiger partial charge >= 0.3 is 5.97 Å². The molecule has 1 aromatic heterocycles. The molecule has 84 valence electrons. The van der Waals surface area contributed by atoms with Gasteiger partial charge < -0.3 is 19.6 Å². The minimum absolute atomic E-state index is 0.120. The van der Waals surface area contributed by atoms with Crippen molar-refractivity contribution in [2.24, 2.45) is 0 Å². The van der Waals surface area contributed by atoms with Gasteiger partial charge in [0.2, 0.25) is 0 Å². The van der Waals surface area contributed by atoms with E-state index in [1.807, 2.05) is 13.8 Å². The Kier molecular flexibility index (Phi) is 3.31. The molecule has 0 bridgehead atoms. The number of ether oxygens (including phenoxy) is 1. The highest BCUT2D eigenvalue weighted by Crippen LogP contribution is 2.14. The predicted octanol–water partition coefficient (Wildman–Crippen LogP) is 1.21. The van der Waals surface area contributed by atoms with Crippen molar-refractivity contribution in [1.82, 2.24) is 4.98 Å². The number of rotatable bonds is 5. The van der Waals surface area contributed by atoms with Gasteiger partial charge in [0.15, 0.2) is 5.69 Å². The number of aromatic nitrogens is 1. The lowest BCUT2D eigenvalue weighted by molar-refractivity contribution is 0.0690. The molecule has 0 atom stereocenters. The number of oxazole rings is 1. The van der Waals surface area contributed by atoms with Crippen LogP contribution < -0.4 is 5.32 Å². The van der Waals surface area contributed by atoms with E-state index in [9.17, 15) is 4.79 Å². The number of methoxy groups -OCH3 is 1. The highest BCUT2D eigenvalue weighted by atomic mass is 16.5. The first-order chi connectivity index (χ1) is 6.94. The summed E-state index contributed by atoms with van der Waals surface area (Å²) in [5.74, 6) is -1.11. The van der Waals surface area contributed by atoms with Gasteiger partial charge in [-0.1, -0.05) is 0 Å². The van der Waals surface area contributed by atoms with Crippen LogP contribution in [0.25, 0.3) is 0 Å². The first-order valence-corrected chi connectivity index (χ1v) is 4.40. The summed E-state index contributed by atoms with van der Waals surface area (Å²) < 4.78 is 9.93. The molecule has 0 amide bonds. The summed E-state index contributed by atoms with van der Waals surface area (Å²) in [7, 11) is 1.58. The van der Waals surface area contributed by atoms with E-state index in [2.05, 4.69) is 10.3 Å². The van der Waals surface area contributed by atoms with Gasteiger partial charge in [-0.25, -0.2) is 4.79 Å². The maximum Gasteiger partial charge on any atom is 0.357 e. The number of nitrogens with one attached hydrogen (secondary N) is 1. The Morgan fingerprint density at radius 2 is 2.40 bits per heavy atom. The van der Waals surface area contributed by atoms with Crippen molar-refractivity contribution in [3.8, 4) is 0 Å². The molecule has 6 heteroatoms. The van der Waals surface area contributed by atoms with E-state index in [1.165, 1.54) is 0 Å². The summed E-state index contributed by atoms with van der Waals surface area (Å²) in [6, 6.07) is 0.175. The Morgan fingerprint density at radius 1 is 1.73 bits per heavy atom. The highest BCUT2D eigenvalue weighted by molar-refractivity contribution is 5.85. The zero-order valence-corrected chi connectivity index (χ0v) is 8.90. The molecule has 0 radical (unpaired) electrons. The number of carboxylic acids is 1. The number of aromatic carboxylic acids is 1. The van der Waals surface area contributed by atoms with Crippen LogP contribution in [0.1, 0.15) is 24.3 Å². The van der Waals surface area contributed by atoms with Crippen molar-refractivity contribution in [2.45, 2.75) is 19.4 Å². The number of hydrogen-bond donors (Lipinski definition) is 2.